The fourth-order valence-electron chi connectivity index (χ4n) is 3.14. The number of hydrogen-bond acceptors (Lipinski definition) is 5. The third-order valence-corrected chi connectivity index (χ3v) is 4.62. The van der Waals surface area contributed by atoms with Gasteiger partial charge < -0.3 is 9.88 Å². The van der Waals surface area contributed by atoms with E-state index in [-0.39, 0.29) is 5.91 Å². The standard InChI is InChI=1S/C22H22N6O/c1-2-3-11-18-25-20-19(28(15-24-20)14-16-8-5-4-6-9-16)21(26-18)27-22(29)17-10-7-12-23-13-17/h4-10,12-13,15H,2-3,11,14H2,1H3,(H,25,26,27,29). The minimum absolute atomic E-state index is 0.257. The Bertz CT molecular complexity index is 1110. The first-order valence-corrected chi connectivity index (χ1v) is 9.71. The number of nitrogens with one attached hydrogen (secondary N) is 1. The van der Waals surface area contributed by atoms with E-state index in [1.165, 1.54) is 6.20 Å². The molecule has 0 saturated carbocycles. The molecule has 0 saturated heterocycles. The van der Waals surface area contributed by atoms with Gasteiger partial charge in [-0.05, 0) is 24.1 Å². The van der Waals surface area contributed by atoms with E-state index in [0.717, 1.165) is 24.8 Å². The molecule has 0 bridgehead atoms. The van der Waals surface area contributed by atoms with E-state index in [4.69, 9.17) is 0 Å². The lowest BCUT2D eigenvalue weighted by Gasteiger charge is -2.11. The second-order valence-electron chi connectivity index (χ2n) is 6.82. The Labute approximate surface area is 168 Å². The van der Waals surface area contributed by atoms with Crippen LogP contribution in [0.25, 0.3) is 11.2 Å². The lowest BCUT2D eigenvalue weighted by atomic mass is 10.2. The van der Waals surface area contributed by atoms with E-state index in [2.05, 4.69) is 44.3 Å². The van der Waals surface area contributed by atoms with Crippen molar-refractivity contribution in [2.24, 2.45) is 0 Å². The zero-order chi connectivity index (χ0) is 20.1. The maximum Gasteiger partial charge on any atom is 0.258 e. The van der Waals surface area contributed by atoms with E-state index in [9.17, 15) is 4.79 Å². The van der Waals surface area contributed by atoms with Crippen molar-refractivity contribution in [1.82, 2.24) is 24.5 Å². The van der Waals surface area contributed by atoms with Crippen molar-refractivity contribution in [3.63, 3.8) is 0 Å². The number of nitrogens with zero attached hydrogens (tertiary/aromatic N) is 5. The number of aromatic nitrogens is 5. The van der Waals surface area contributed by atoms with Crippen molar-refractivity contribution in [3.8, 4) is 0 Å². The topological polar surface area (TPSA) is 85.6 Å². The average Bonchev–Trinajstić information content (AvgIpc) is 3.16. The summed E-state index contributed by atoms with van der Waals surface area (Å²) in [6.45, 7) is 2.74. The number of carbonyl (C=O) groups excluding carboxylic acids is 1. The number of hydrogen-bond donors (Lipinski definition) is 1. The third-order valence-electron chi connectivity index (χ3n) is 4.62. The summed E-state index contributed by atoms with van der Waals surface area (Å²) in [5.41, 5.74) is 2.91. The quantitative estimate of drug-likeness (QED) is 0.521. The SMILES string of the molecule is CCCCc1nc(NC(=O)c2cccnc2)c2c(ncn2Cc2ccccc2)n1. The molecule has 1 amide bonds. The van der Waals surface area contributed by atoms with Gasteiger partial charge in [-0.3, -0.25) is 9.78 Å². The Morgan fingerprint density at radius 2 is 1.97 bits per heavy atom. The average molecular weight is 386 g/mol. The van der Waals surface area contributed by atoms with Gasteiger partial charge in [-0.25, -0.2) is 15.0 Å². The van der Waals surface area contributed by atoms with E-state index < -0.39 is 0 Å². The maximum atomic E-state index is 12.7. The summed E-state index contributed by atoms with van der Waals surface area (Å²) in [5.74, 6) is 0.904. The van der Waals surface area contributed by atoms with Crippen LogP contribution < -0.4 is 5.32 Å². The molecule has 0 spiro atoms. The van der Waals surface area contributed by atoms with Crippen LogP contribution in [0.1, 0.15) is 41.5 Å². The number of amides is 1. The van der Waals surface area contributed by atoms with Gasteiger partial charge in [0.1, 0.15) is 11.3 Å². The molecule has 4 aromatic rings. The smallest absolute Gasteiger partial charge is 0.258 e. The summed E-state index contributed by atoms with van der Waals surface area (Å²) < 4.78 is 1.97. The van der Waals surface area contributed by atoms with Gasteiger partial charge in [0.25, 0.3) is 5.91 Å². The molecule has 0 atom stereocenters. The number of rotatable bonds is 7. The summed E-state index contributed by atoms with van der Waals surface area (Å²) in [4.78, 5) is 30.5. The third kappa shape index (κ3) is 4.29. The molecule has 1 N–H and O–H groups in total. The summed E-state index contributed by atoms with van der Waals surface area (Å²) >= 11 is 0. The summed E-state index contributed by atoms with van der Waals surface area (Å²) in [6, 6.07) is 13.5. The van der Waals surface area contributed by atoms with Gasteiger partial charge in [0, 0.05) is 25.4 Å². The molecule has 7 heteroatoms. The molecule has 29 heavy (non-hydrogen) atoms. The van der Waals surface area contributed by atoms with Crippen LogP contribution in [0.4, 0.5) is 5.82 Å². The van der Waals surface area contributed by atoms with Crippen molar-refractivity contribution in [2.45, 2.75) is 32.7 Å². The Morgan fingerprint density at radius 1 is 1.10 bits per heavy atom. The molecule has 3 aromatic heterocycles. The molecule has 0 aliphatic heterocycles. The number of fused-ring (bicyclic) bond motifs is 1. The summed E-state index contributed by atoms with van der Waals surface area (Å²) in [7, 11) is 0. The number of benzene rings is 1. The van der Waals surface area contributed by atoms with Crippen molar-refractivity contribution >= 4 is 22.9 Å². The Kier molecular flexibility index (Phi) is 5.56. The monoisotopic (exact) mass is 386 g/mol. The Balaban J connectivity index is 1.73. The molecule has 3 heterocycles. The number of imidazole rings is 1. The molecular weight excluding hydrogens is 364 g/mol. The van der Waals surface area contributed by atoms with E-state index >= 15 is 0 Å². The van der Waals surface area contributed by atoms with E-state index in [0.29, 0.717) is 34.9 Å². The van der Waals surface area contributed by atoms with Crippen LogP contribution in [0, 0.1) is 0 Å². The molecule has 0 unspecified atom stereocenters. The molecular formula is C22H22N6O. The molecule has 4 rings (SSSR count). The molecule has 1 aromatic carbocycles. The molecule has 7 nitrogen and oxygen atoms in total. The molecule has 0 aliphatic rings. The Morgan fingerprint density at radius 3 is 2.72 bits per heavy atom. The first-order chi connectivity index (χ1) is 14.2. The lowest BCUT2D eigenvalue weighted by molar-refractivity contribution is 0.102. The predicted molar refractivity (Wildman–Crippen MR) is 112 cm³/mol. The second-order valence-corrected chi connectivity index (χ2v) is 6.82. The maximum absolute atomic E-state index is 12.7. The number of anilines is 1. The van der Waals surface area contributed by atoms with E-state index in [1.807, 2.05) is 22.8 Å². The van der Waals surface area contributed by atoms with Gasteiger partial charge in [-0.15, -0.1) is 0 Å². The van der Waals surface area contributed by atoms with Gasteiger partial charge in [0.2, 0.25) is 0 Å². The van der Waals surface area contributed by atoms with Crippen molar-refractivity contribution in [1.29, 1.82) is 0 Å². The highest BCUT2D eigenvalue weighted by atomic mass is 16.1. The number of pyridine rings is 1. The van der Waals surface area contributed by atoms with Crippen LogP contribution in [0.5, 0.6) is 0 Å². The van der Waals surface area contributed by atoms with Gasteiger partial charge >= 0.3 is 0 Å². The minimum atomic E-state index is -0.257. The van der Waals surface area contributed by atoms with Gasteiger partial charge in [0.05, 0.1) is 11.9 Å². The largest absolute Gasteiger partial charge is 0.322 e. The zero-order valence-corrected chi connectivity index (χ0v) is 16.2. The number of unbranched alkanes of at least 4 members (excludes halogenated alkanes) is 1. The van der Waals surface area contributed by atoms with Crippen LogP contribution >= 0.6 is 0 Å². The molecule has 0 radical (unpaired) electrons. The van der Waals surface area contributed by atoms with Crippen LogP contribution in [-0.4, -0.2) is 30.4 Å². The van der Waals surface area contributed by atoms with Crippen LogP contribution in [-0.2, 0) is 13.0 Å². The van der Waals surface area contributed by atoms with Crippen molar-refractivity contribution in [3.05, 3.63) is 78.1 Å². The van der Waals surface area contributed by atoms with Gasteiger partial charge in [0.15, 0.2) is 11.5 Å². The fourth-order valence-corrected chi connectivity index (χ4v) is 3.14. The second kappa shape index (κ2) is 8.60. The highest BCUT2D eigenvalue weighted by molar-refractivity contribution is 6.06. The van der Waals surface area contributed by atoms with Gasteiger partial charge in [-0.1, -0.05) is 43.7 Å². The van der Waals surface area contributed by atoms with E-state index in [1.54, 1.807) is 24.7 Å². The van der Waals surface area contributed by atoms with Crippen molar-refractivity contribution in [2.75, 3.05) is 5.32 Å². The fraction of sp³-hybridized carbons (Fsp3) is 0.227. The number of aryl methyl sites for hydroxylation is 1. The normalized spacial score (nSPS) is 10.9. The van der Waals surface area contributed by atoms with Gasteiger partial charge in [-0.2, -0.15) is 0 Å². The highest BCUT2D eigenvalue weighted by Gasteiger charge is 2.17. The molecule has 0 fully saturated rings. The van der Waals surface area contributed by atoms with Crippen LogP contribution in [0.15, 0.2) is 61.2 Å². The lowest BCUT2D eigenvalue weighted by Crippen LogP contribution is -2.16. The number of carbonyl (C=O) groups is 1. The van der Waals surface area contributed by atoms with Crippen molar-refractivity contribution < 1.29 is 4.79 Å². The first-order valence-electron chi connectivity index (χ1n) is 9.71. The zero-order valence-electron chi connectivity index (χ0n) is 16.2. The predicted octanol–water partition coefficient (Wildman–Crippen LogP) is 3.86. The minimum Gasteiger partial charge on any atom is -0.322 e. The first kappa shape index (κ1) is 18.7. The highest BCUT2D eigenvalue weighted by Crippen LogP contribution is 2.22. The van der Waals surface area contributed by atoms with Crippen LogP contribution in [0.3, 0.4) is 0 Å². The summed E-state index contributed by atoms with van der Waals surface area (Å²) in [5, 5.41) is 2.94. The Hall–Kier alpha value is -3.61. The molecule has 146 valence electrons. The molecule has 0 aliphatic carbocycles. The van der Waals surface area contributed by atoms with Crippen LogP contribution in [0.2, 0.25) is 0 Å². The summed E-state index contributed by atoms with van der Waals surface area (Å²) in [6.07, 6.45) is 7.68.